The van der Waals surface area contributed by atoms with Crippen molar-refractivity contribution in [1.29, 1.82) is 0 Å². The molecule has 7 nitrogen and oxygen atoms in total. The summed E-state index contributed by atoms with van der Waals surface area (Å²) < 4.78 is 45.8. The number of carbonyl (C=O) groups is 2. The van der Waals surface area contributed by atoms with E-state index in [1.807, 2.05) is 0 Å². The molecule has 1 heterocycles. The first-order chi connectivity index (χ1) is 12.3. The minimum Gasteiger partial charge on any atom is -0.499 e. The predicted octanol–water partition coefficient (Wildman–Crippen LogP) is 2.02. The van der Waals surface area contributed by atoms with Crippen LogP contribution in [0.4, 0.5) is 18.0 Å². The van der Waals surface area contributed by atoms with Crippen LogP contribution < -0.4 is 10.8 Å². The standard InChI is InChI=1S/C16H20BF3N2O5/c1-5-6-11(22-14(24)26-15(2,3)4)12-9-10(7-8-21-12)17(25)27-13(23)16(18,19)20/h5,7-9,11,25H,1,6H2,2-4H3,(H,22,24)/t11-/m0/s1. The van der Waals surface area contributed by atoms with Crippen LogP contribution in [0.5, 0.6) is 0 Å². The number of pyridine rings is 1. The van der Waals surface area contributed by atoms with E-state index in [2.05, 4.69) is 21.5 Å². The molecule has 27 heavy (non-hydrogen) atoms. The largest absolute Gasteiger partial charge is 0.562 e. The Labute approximate surface area is 154 Å². The van der Waals surface area contributed by atoms with Crippen molar-refractivity contribution in [1.82, 2.24) is 10.3 Å². The zero-order valence-corrected chi connectivity index (χ0v) is 15.0. The third-order valence-corrected chi connectivity index (χ3v) is 2.99. The van der Waals surface area contributed by atoms with Gasteiger partial charge < -0.3 is 19.7 Å². The number of halogens is 3. The van der Waals surface area contributed by atoms with Gasteiger partial charge in [0.15, 0.2) is 0 Å². The van der Waals surface area contributed by atoms with Gasteiger partial charge in [-0.15, -0.1) is 6.58 Å². The van der Waals surface area contributed by atoms with E-state index in [0.717, 1.165) is 0 Å². The van der Waals surface area contributed by atoms with Gasteiger partial charge in [-0.1, -0.05) is 6.08 Å². The van der Waals surface area contributed by atoms with Gasteiger partial charge >= 0.3 is 25.4 Å². The van der Waals surface area contributed by atoms with Crippen molar-refractivity contribution in [3.05, 3.63) is 36.7 Å². The van der Waals surface area contributed by atoms with Crippen LogP contribution >= 0.6 is 0 Å². The van der Waals surface area contributed by atoms with E-state index in [-0.39, 0.29) is 17.6 Å². The van der Waals surface area contributed by atoms with Crippen molar-refractivity contribution in [2.45, 2.75) is 45.0 Å². The van der Waals surface area contributed by atoms with Crippen molar-refractivity contribution < 1.29 is 37.2 Å². The van der Waals surface area contributed by atoms with Crippen LogP contribution in [0.25, 0.3) is 0 Å². The third kappa shape index (κ3) is 7.69. The van der Waals surface area contributed by atoms with Crippen molar-refractivity contribution >= 4 is 24.6 Å². The van der Waals surface area contributed by atoms with Crippen molar-refractivity contribution in [3.8, 4) is 0 Å². The maximum Gasteiger partial charge on any atom is 0.562 e. The Morgan fingerprint density at radius 3 is 2.56 bits per heavy atom. The molecule has 0 unspecified atom stereocenters. The van der Waals surface area contributed by atoms with Crippen LogP contribution in [0.15, 0.2) is 31.0 Å². The van der Waals surface area contributed by atoms with Crippen LogP contribution in [0.3, 0.4) is 0 Å². The van der Waals surface area contributed by atoms with Crippen molar-refractivity contribution in [3.63, 3.8) is 0 Å². The highest BCUT2D eigenvalue weighted by Gasteiger charge is 2.43. The molecule has 0 aromatic carbocycles. The van der Waals surface area contributed by atoms with Gasteiger partial charge in [0.05, 0.1) is 11.7 Å². The maximum atomic E-state index is 12.2. The molecule has 11 heteroatoms. The van der Waals surface area contributed by atoms with Gasteiger partial charge in [0, 0.05) is 11.7 Å². The first kappa shape index (κ1) is 22.5. The second-order valence-corrected chi connectivity index (χ2v) is 6.49. The van der Waals surface area contributed by atoms with Crippen LogP contribution in [-0.2, 0) is 14.2 Å². The predicted molar refractivity (Wildman–Crippen MR) is 90.9 cm³/mol. The van der Waals surface area contributed by atoms with E-state index < -0.39 is 37.0 Å². The van der Waals surface area contributed by atoms with Crippen LogP contribution in [0, 0.1) is 0 Å². The number of amides is 1. The number of alkyl halides is 3. The number of nitrogens with one attached hydrogen (secondary N) is 1. The SMILES string of the molecule is C=CC[C@H](NC(=O)OC(C)(C)C)c1cc(B(O)OC(=O)C(F)(F)F)ccn1. The number of ether oxygens (including phenoxy) is 1. The normalized spacial score (nSPS) is 12.7. The van der Waals surface area contributed by atoms with Gasteiger partial charge in [0.2, 0.25) is 0 Å². The molecule has 0 saturated carbocycles. The summed E-state index contributed by atoms with van der Waals surface area (Å²) in [4.78, 5) is 26.8. The zero-order chi connectivity index (χ0) is 20.8. The minimum absolute atomic E-state index is 0.141. The van der Waals surface area contributed by atoms with E-state index >= 15 is 0 Å². The quantitative estimate of drug-likeness (QED) is 0.572. The molecule has 0 aliphatic carbocycles. The van der Waals surface area contributed by atoms with Gasteiger partial charge in [-0.3, -0.25) is 4.98 Å². The Balaban J connectivity index is 2.96. The van der Waals surface area contributed by atoms with E-state index in [1.165, 1.54) is 24.4 Å². The lowest BCUT2D eigenvalue weighted by Crippen LogP contribution is -2.41. The zero-order valence-electron chi connectivity index (χ0n) is 15.0. The molecule has 1 rings (SSSR count). The molecule has 0 fully saturated rings. The Morgan fingerprint density at radius 2 is 2.04 bits per heavy atom. The molecule has 0 aliphatic rings. The van der Waals surface area contributed by atoms with Gasteiger partial charge in [-0.2, -0.15) is 13.2 Å². The second kappa shape index (κ2) is 8.89. The fourth-order valence-electron chi connectivity index (χ4n) is 1.92. The monoisotopic (exact) mass is 388 g/mol. The van der Waals surface area contributed by atoms with Gasteiger partial charge in [0.1, 0.15) is 5.60 Å². The highest BCUT2D eigenvalue weighted by molar-refractivity contribution is 6.61. The summed E-state index contributed by atoms with van der Waals surface area (Å²) in [5.41, 5.74) is -0.668. The number of aromatic nitrogens is 1. The van der Waals surface area contributed by atoms with Crippen molar-refractivity contribution in [2.75, 3.05) is 0 Å². The van der Waals surface area contributed by atoms with E-state index in [4.69, 9.17) is 4.74 Å². The minimum atomic E-state index is -5.24. The summed E-state index contributed by atoms with van der Waals surface area (Å²) >= 11 is 0. The van der Waals surface area contributed by atoms with E-state index in [9.17, 15) is 27.8 Å². The van der Waals surface area contributed by atoms with E-state index in [1.54, 1.807) is 20.8 Å². The molecule has 1 amide bonds. The number of nitrogens with zero attached hydrogens (tertiary/aromatic N) is 1. The molecule has 1 aromatic heterocycles. The van der Waals surface area contributed by atoms with Gasteiger partial charge in [-0.25, -0.2) is 9.59 Å². The molecule has 0 aliphatic heterocycles. The summed E-state index contributed by atoms with van der Waals surface area (Å²) in [6.07, 6.45) is -3.04. The molecule has 2 N–H and O–H groups in total. The Hall–Kier alpha value is -2.56. The van der Waals surface area contributed by atoms with Crippen LogP contribution in [0.2, 0.25) is 0 Å². The molecule has 148 valence electrons. The number of alkyl carbamates (subject to hydrolysis) is 1. The number of hydrogen-bond donors (Lipinski definition) is 2. The summed E-state index contributed by atoms with van der Waals surface area (Å²) in [6, 6.07) is 1.67. The number of hydrogen-bond acceptors (Lipinski definition) is 6. The fraction of sp³-hybridized carbons (Fsp3) is 0.438. The Morgan fingerprint density at radius 1 is 1.41 bits per heavy atom. The average Bonchev–Trinajstić information content (AvgIpc) is 2.51. The molecule has 1 atom stereocenters. The molecule has 0 radical (unpaired) electrons. The molecule has 1 aromatic rings. The Kier molecular flexibility index (Phi) is 7.41. The summed E-state index contributed by atoms with van der Waals surface area (Å²) in [7, 11) is -2.15. The number of carbonyl (C=O) groups excluding carboxylic acids is 2. The van der Waals surface area contributed by atoms with E-state index in [0.29, 0.717) is 0 Å². The summed E-state index contributed by atoms with van der Waals surface area (Å²) in [5, 5.41) is 12.3. The van der Waals surface area contributed by atoms with Gasteiger partial charge in [-0.05, 0) is 39.3 Å². The lowest BCUT2D eigenvalue weighted by atomic mass is 9.79. The molecule has 0 saturated heterocycles. The second-order valence-electron chi connectivity index (χ2n) is 6.49. The third-order valence-electron chi connectivity index (χ3n) is 2.99. The maximum absolute atomic E-state index is 12.2. The van der Waals surface area contributed by atoms with Gasteiger partial charge in [0.25, 0.3) is 0 Å². The smallest absolute Gasteiger partial charge is 0.499 e. The van der Waals surface area contributed by atoms with Crippen molar-refractivity contribution in [2.24, 2.45) is 0 Å². The number of rotatable bonds is 6. The van der Waals surface area contributed by atoms with Crippen LogP contribution in [0.1, 0.15) is 38.9 Å². The molecule has 0 bridgehead atoms. The van der Waals surface area contributed by atoms with Crippen LogP contribution in [-0.4, -0.2) is 41.0 Å². The Bertz CT molecular complexity index is 691. The highest BCUT2D eigenvalue weighted by atomic mass is 19.4. The lowest BCUT2D eigenvalue weighted by Gasteiger charge is -2.23. The lowest BCUT2D eigenvalue weighted by molar-refractivity contribution is -0.190. The molecule has 0 spiro atoms. The highest BCUT2D eigenvalue weighted by Crippen LogP contribution is 2.18. The first-order valence-corrected chi connectivity index (χ1v) is 7.85. The summed E-state index contributed by atoms with van der Waals surface area (Å²) in [5.74, 6) is -2.53. The average molecular weight is 388 g/mol. The summed E-state index contributed by atoms with van der Waals surface area (Å²) in [6.45, 7) is 8.61. The first-order valence-electron chi connectivity index (χ1n) is 7.85. The fourth-order valence-corrected chi connectivity index (χ4v) is 1.92. The topological polar surface area (TPSA) is 97.8 Å². The molecular weight excluding hydrogens is 368 g/mol. The molecular formula is C16H20BF3N2O5.